The largest absolute Gasteiger partial charge is 0.411 e. The highest BCUT2D eigenvalue weighted by Crippen LogP contribution is 2.12. The number of rotatable bonds is 5. The summed E-state index contributed by atoms with van der Waals surface area (Å²) < 4.78 is 6.14. The number of ether oxygens (including phenoxy) is 1. The maximum Gasteiger partial charge on any atom is 0.112 e. The van der Waals surface area contributed by atoms with Gasteiger partial charge in [-0.05, 0) is 12.1 Å². The van der Waals surface area contributed by atoms with E-state index >= 15 is 0 Å². The molecule has 0 heterocycles. The molecule has 0 aliphatic carbocycles. The maximum atomic E-state index is 8.84. The van der Waals surface area contributed by atoms with Crippen molar-refractivity contribution in [1.82, 2.24) is 0 Å². The highest BCUT2D eigenvalue weighted by molar-refractivity contribution is 9.10. The molecule has 0 aliphatic rings. The van der Waals surface area contributed by atoms with Gasteiger partial charge < -0.3 is 9.94 Å². The lowest BCUT2D eigenvalue weighted by Gasteiger charge is -2.04. The molecule has 0 aromatic heterocycles. The number of nitrogens with zero attached hydrogens (tertiary/aromatic N) is 1. The van der Waals surface area contributed by atoms with Gasteiger partial charge in [0.2, 0.25) is 0 Å². The van der Waals surface area contributed by atoms with Crippen LogP contribution in [0.15, 0.2) is 46.5 Å². The summed E-state index contributed by atoms with van der Waals surface area (Å²) in [7, 11) is 0. The molecule has 0 bridgehead atoms. The Bertz CT molecular complexity index is 363. The molecule has 0 aliphatic heterocycles. The van der Waals surface area contributed by atoms with Gasteiger partial charge in [0.15, 0.2) is 0 Å². The molecule has 1 aromatic carbocycles. The molecular formula is C11H12BrNO2. The average molecular weight is 270 g/mol. The van der Waals surface area contributed by atoms with Gasteiger partial charge in [-0.1, -0.05) is 39.3 Å². The standard InChI is InChI=1S/C11H12BrNO2/c1-2-6-15-8-11(13-14)9-4-3-5-10(12)7-9/h2-5,7,14H,1,6,8H2/b13-11+. The zero-order valence-electron chi connectivity index (χ0n) is 8.19. The van der Waals surface area contributed by atoms with Crippen molar-refractivity contribution in [2.24, 2.45) is 5.16 Å². The van der Waals surface area contributed by atoms with Gasteiger partial charge in [-0.15, -0.1) is 6.58 Å². The van der Waals surface area contributed by atoms with E-state index in [1.165, 1.54) is 0 Å². The Hall–Kier alpha value is -1.13. The number of oxime groups is 1. The summed E-state index contributed by atoms with van der Waals surface area (Å²) >= 11 is 3.35. The molecule has 0 saturated carbocycles. The van der Waals surface area contributed by atoms with E-state index in [0.717, 1.165) is 10.0 Å². The topological polar surface area (TPSA) is 41.8 Å². The summed E-state index contributed by atoms with van der Waals surface area (Å²) in [6.07, 6.45) is 1.65. The molecule has 4 heteroatoms. The number of hydrogen-bond donors (Lipinski definition) is 1. The fourth-order valence-corrected chi connectivity index (χ4v) is 1.48. The molecule has 0 amide bonds. The van der Waals surface area contributed by atoms with E-state index in [4.69, 9.17) is 9.94 Å². The highest BCUT2D eigenvalue weighted by Gasteiger charge is 2.04. The van der Waals surface area contributed by atoms with Gasteiger partial charge in [-0.3, -0.25) is 0 Å². The Kier molecular flexibility index (Phi) is 5.07. The van der Waals surface area contributed by atoms with E-state index in [1.807, 2.05) is 24.3 Å². The van der Waals surface area contributed by atoms with Crippen LogP contribution in [0.5, 0.6) is 0 Å². The normalized spacial score (nSPS) is 11.4. The second-order valence-electron chi connectivity index (χ2n) is 2.86. The van der Waals surface area contributed by atoms with Gasteiger partial charge in [0.1, 0.15) is 5.71 Å². The molecule has 0 atom stereocenters. The first-order valence-electron chi connectivity index (χ1n) is 4.43. The minimum absolute atomic E-state index is 0.263. The van der Waals surface area contributed by atoms with Crippen molar-refractivity contribution in [2.75, 3.05) is 13.2 Å². The average Bonchev–Trinajstić information content (AvgIpc) is 2.24. The van der Waals surface area contributed by atoms with Crippen LogP contribution in [-0.4, -0.2) is 24.1 Å². The molecule has 0 unspecified atom stereocenters. The summed E-state index contributed by atoms with van der Waals surface area (Å²) in [5.41, 5.74) is 1.33. The Balaban J connectivity index is 2.71. The molecule has 1 rings (SSSR count). The number of benzene rings is 1. The molecule has 3 nitrogen and oxygen atoms in total. The summed E-state index contributed by atoms with van der Waals surface area (Å²) in [5.74, 6) is 0. The molecule has 0 spiro atoms. The summed E-state index contributed by atoms with van der Waals surface area (Å²) in [4.78, 5) is 0. The highest BCUT2D eigenvalue weighted by atomic mass is 79.9. The van der Waals surface area contributed by atoms with Crippen LogP contribution >= 0.6 is 15.9 Å². The van der Waals surface area contributed by atoms with Gasteiger partial charge in [-0.25, -0.2) is 0 Å². The zero-order valence-corrected chi connectivity index (χ0v) is 9.77. The molecule has 0 radical (unpaired) electrons. The number of halogens is 1. The van der Waals surface area contributed by atoms with Crippen LogP contribution in [0.1, 0.15) is 5.56 Å². The lowest BCUT2D eigenvalue weighted by Crippen LogP contribution is -2.10. The predicted molar refractivity (Wildman–Crippen MR) is 63.5 cm³/mol. The van der Waals surface area contributed by atoms with Crippen LogP contribution in [-0.2, 0) is 4.74 Å². The SMILES string of the molecule is C=CCOC/C(=N\O)c1cccc(Br)c1. The summed E-state index contributed by atoms with van der Waals surface area (Å²) in [5, 5.41) is 12.0. The first kappa shape index (κ1) is 11.9. The Morgan fingerprint density at radius 1 is 1.60 bits per heavy atom. The Morgan fingerprint density at radius 2 is 2.40 bits per heavy atom. The second kappa shape index (κ2) is 6.37. The Labute approximate surface area is 97.2 Å². The van der Waals surface area contributed by atoms with Crippen LogP contribution in [0.3, 0.4) is 0 Å². The first-order valence-corrected chi connectivity index (χ1v) is 5.22. The molecular weight excluding hydrogens is 258 g/mol. The third-order valence-corrected chi connectivity index (χ3v) is 2.25. The van der Waals surface area contributed by atoms with Crippen molar-refractivity contribution in [3.8, 4) is 0 Å². The fourth-order valence-electron chi connectivity index (χ4n) is 1.08. The van der Waals surface area contributed by atoms with Crippen LogP contribution in [0.4, 0.5) is 0 Å². The third kappa shape index (κ3) is 3.85. The van der Waals surface area contributed by atoms with Crippen LogP contribution < -0.4 is 0 Å². The lowest BCUT2D eigenvalue weighted by atomic mass is 10.1. The predicted octanol–water partition coefficient (Wildman–Crippen LogP) is 2.83. The van der Waals surface area contributed by atoms with Crippen molar-refractivity contribution in [3.05, 3.63) is 47.0 Å². The van der Waals surface area contributed by atoms with Crippen molar-refractivity contribution in [1.29, 1.82) is 0 Å². The van der Waals surface area contributed by atoms with E-state index in [2.05, 4.69) is 27.7 Å². The minimum atomic E-state index is 0.263. The van der Waals surface area contributed by atoms with Crippen molar-refractivity contribution >= 4 is 21.6 Å². The van der Waals surface area contributed by atoms with E-state index in [-0.39, 0.29) is 6.61 Å². The van der Waals surface area contributed by atoms with Gasteiger partial charge in [0.05, 0.1) is 13.2 Å². The molecule has 15 heavy (non-hydrogen) atoms. The summed E-state index contributed by atoms with van der Waals surface area (Å²) in [6, 6.07) is 7.50. The van der Waals surface area contributed by atoms with Crippen molar-refractivity contribution < 1.29 is 9.94 Å². The quantitative estimate of drug-likeness (QED) is 0.294. The zero-order chi connectivity index (χ0) is 11.1. The van der Waals surface area contributed by atoms with E-state index in [0.29, 0.717) is 12.3 Å². The van der Waals surface area contributed by atoms with Crippen molar-refractivity contribution in [3.63, 3.8) is 0 Å². The van der Waals surface area contributed by atoms with E-state index in [1.54, 1.807) is 6.08 Å². The molecule has 0 saturated heterocycles. The molecule has 1 aromatic rings. The lowest BCUT2D eigenvalue weighted by molar-refractivity contribution is 0.200. The fraction of sp³-hybridized carbons (Fsp3) is 0.182. The molecule has 80 valence electrons. The second-order valence-corrected chi connectivity index (χ2v) is 3.78. The van der Waals surface area contributed by atoms with Gasteiger partial charge in [0, 0.05) is 10.0 Å². The summed E-state index contributed by atoms with van der Waals surface area (Å²) in [6.45, 7) is 4.24. The van der Waals surface area contributed by atoms with Crippen LogP contribution in [0.25, 0.3) is 0 Å². The third-order valence-electron chi connectivity index (χ3n) is 1.75. The smallest absolute Gasteiger partial charge is 0.112 e. The Morgan fingerprint density at radius 3 is 3.00 bits per heavy atom. The van der Waals surface area contributed by atoms with E-state index < -0.39 is 0 Å². The van der Waals surface area contributed by atoms with Crippen LogP contribution in [0, 0.1) is 0 Å². The number of hydrogen-bond acceptors (Lipinski definition) is 3. The van der Waals surface area contributed by atoms with Gasteiger partial charge >= 0.3 is 0 Å². The van der Waals surface area contributed by atoms with Crippen LogP contribution in [0.2, 0.25) is 0 Å². The molecule has 0 fully saturated rings. The van der Waals surface area contributed by atoms with Gasteiger partial charge in [-0.2, -0.15) is 0 Å². The maximum absolute atomic E-state index is 8.84. The van der Waals surface area contributed by atoms with Crippen molar-refractivity contribution in [2.45, 2.75) is 0 Å². The van der Waals surface area contributed by atoms with Gasteiger partial charge in [0.25, 0.3) is 0 Å². The molecule has 1 N–H and O–H groups in total. The monoisotopic (exact) mass is 269 g/mol. The minimum Gasteiger partial charge on any atom is -0.411 e. The first-order chi connectivity index (χ1) is 7.27. The van der Waals surface area contributed by atoms with E-state index in [9.17, 15) is 0 Å².